The molecule has 1 fully saturated rings. The highest BCUT2D eigenvalue weighted by molar-refractivity contribution is 7.99. The molecule has 1 aliphatic rings. The van der Waals surface area contributed by atoms with E-state index in [1.165, 1.54) is 32.1 Å². The first-order valence-corrected chi connectivity index (χ1v) is 5.35. The zero-order chi connectivity index (χ0) is 8.23. The van der Waals surface area contributed by atoms with E-state index < -0.39 is 0 Å². The maximum atomic E-state index is 4.11. The van der Waals surface area contributed by atoms with Gasteiger partial charge in [0, 0.05) is 5.25 Å². The summed E-state index contributed by atoms with van der Waals surface area (Å²) in [5, 5.41) is 8.46. The summed E-state index contributed by atoms with van der Waals surface area (Å²) in [7, 11) is 0. The van der Waals surface area contributed by atoms with Crippen LogP contribution >= 0.6 is 11.8 Å². The van der Waals surface area contributed by atoms with Crippen molar-refractivity contribution in [1.82, 2.24) is 15.2 Å². The fraction of sp³-hybridized carbons (Fsp3) is 0.750. The lowest BCUT2D eigenvalue weighted by atomic mass is 10.0. The van der Waals surface area contributed by atoms with Gasteiger partial charge in [-0.2, -0.15) is 5.10 Å². The van der Waals surface area contributed by atoms with Gasteiger partial charge in [0.05, 0.1) is 0 Å². The van der Waals surface area contributed by atoms with Gasteiger partial charge in [0.25, 0.3) is 0 Å². The van der Waals surface area contributed by atoms with E-state index in [1.54, 1.807) is 6.33 Å². The summed E-state index contributed by atoms with van der Waals surface area (Å²) in [4.78, 5) is 4.11. The van der Waals surface area contributed by atoms with Crippen molar-refractivity contribution in [2.75, 3.05) is 0 Å². The molecule has 0 saturated heterocycles. The van der Waals surface area contributed by atoms with Gasteiger partial charge in [-0.05, 0) is 12.8 Å². The molecule has 0 radical (unpaired) electrons. The Morgan fingerprint density at radius 1 is 1.33 bits per heavy atom. The number of nitrogens with zero attached hydrogens (tertiary/aromatic N) is 2. The van der Waals surface area contributed by atoms with Crippen molar-refractivity contribution in [2.24, 2.45) is 0 Å². The molecule has 1 aromatic rings. The molecule has 0 bridgehead atoms. The summed E-state index contributed by atoms with van der Waals surface area (Å²) in [6, 6.07) is 0. The minimum absolute atomic E-state index is 0.770. The number of rotatable bonds is 2. The second-order valence-electron chi connectivity index (χ2n) is 3.17. The van der Waals surface area contributed by atoms with Crippen molar-refractivity contribution < 1.29 is 0 Å². The van der Waals surface area contributed by atoms with Gasteiger partial charge in [-0.15, -0.1) is 0 Å². The van der Waals surface area contributed by atoms with Crippen LogP contribution in [0.15, 0.2) is 11.5 Å². The molecule has 0 spiro atoms. The van der Waals surface area contributed by atoms with E-state index in [-0.39, 0.29) is 0 Å². The van der Waals surface area contributed by atoms with Gasteiger partial charge in [-0.25, -0.2) is 4.98 Å². The van der Waals surface area contributed by atoms with Crippen LogP contribution in [0.1, 0.15) is 32.1 Å². The van der Waals surface area contributed by atoms with E-state index in [4.69, 9.17) is 0 Å². The fourth-order valence-corrected chi connectivity index (χ4v) is 2.69. The number of aromatic amines is 1. The Hall–Kier alpha value is -0.510. The highest BCUT2D eigenvalue weighted by atomic mass is 32.2. The largest absolute Gasteiger partial charge is 0.254 e. The average molecular weight is 183 g/mol. The van der Waals surface area contributed by atoms with Crippen LogP contribution in [-0.2, 0) is 0 Å². The molecule has 4 heteroatoms. The standard InChI is InChI=1S/C8H13N3S/c1-2-4-7(5-3-1)12-8-9-6-10-11-8/h6-7H,1-5H2,(H,9,10,11). The van der Waals surface area contributed by atoms with Gasteiger partial charge in [-0.3, -0.25) is 5.10 Å². The first kappa shape index (κ1) is 8.10. The van der Waals surface area contributed by atoms with E-state index in [2.05, 4.69) is 15.2 Å². The van der Waals surface area contributed by atoms with E-state index >= 15 is 0 Å². The molecule has 0 unspecified atom stereocenters. The second kappa shape index (κ2) is 3.94. The van der Waals surface area contributed by atoms with Crippen molar-refractivity contribution >= 4 is 11.8 Å². The van der Waals surface area contributed by atoms with Crippen LogP contribution in [0.4, 0.5) is 0 Å². The van der Waals surface area contributed by atoms with Crippen molar-refractivity contribution in [1.29, 1.82) is 0 Å². The average Bonchev–Trinajstić information content (AvgIpc) is 2.59. The topological polar surface area (TPSA) is 41.6 Å². The van der Waals surface area contributed by atoms with E-state index in [0.29, 0.717) is 0 Å². The van der Waals surface area contributed by atoms with Crippen LogP contribution in [0.3, 0.4) is 0 Å². The third-order valence-electron chi connectivity index (χ3n) is 2.22. The molecule has 0 atom stereocenters. The summed E-state index contributed by atoms with van der Waals surface area (Å²) in [6.45, 7) is 0. The number of hydrogen-bond acceptors (Lipinski definition) is 3. The monoisotopic (exact) mass is 183 g/mol. The quantitative estimate of drug-likeness (QED) is 0.764. The molecule has 1 aromatic heterocycles. The van der Waals surface area contributed by atoms with Crippen molar-refractivity contribution in [3.63, 3.8) is 0 Å². The number of nitrogens with one attached hydrogen (secondary N) is 1. The van der Waals surface area contributed by atoms with Crippen LogP contribution in [-0.4, -0.2) is 20.4 Å². The molecule has 1 N–H and O–H groups in total. The van der Waals surface area contributed by atoms with Crippen molar-refractivity contribution in [2.45, 2.75) is 42.5 Å². The molecule has 1 aliphatic carbocycles. The Kier molecular flexibility index (Phi) is 2.66. The van der Waals surface area contributed by atoms with Crippen LogP contribution in [0, 0.1) is 0 Å². The Morgan fingerprint density at radius 3 is 2.83 bits per heavy atom. The SMILES string of the molecule is c1n[nH]c(SC2CCCCC2)n1. The first-order chi connectivity index (χ1) is 5.95. The van der Waals surface area contributed by atoms with Crippen LogP contribution in [0.2, 0.25) is 0 Å². The minimum Gasteiger partial charge on any atom is -0.254 e. The lowest BCUT2D eigenvalue weighted by Crippen LogP contribution is -2.07. The van der Waals surface area contributed by atoms with Crippen LogP contribution in [0.5, 0.6) is 0 Å². The van der Waals surface area contributed by atoms with Gasteiger partial charge < -0.3 is 0 Å². The van der Waals surface area contributed by atoms with Gasteiger partial charge in [0.1, 0.15) is 6.33 Å². The molecule has 2 rings (SSSR count). The summed E-state index contributed by atoms with van der Waals surface area (Å²) in [6.07, 6.45) is 8.42. The summed E-state index contributed by atoms with van der Waals surface area (Å²) in [5.41, 5.74) is 0. The molecule has 3 nitrogen and oxygen atoms in total. The molecule has 66 valence electrons. The summed E-state index contributed by atoms with van der Waals surface area (Å²) < 4.78 is 0. The summed E-state index contributed by atoms with van der Waals surface area (Å²) >= 11 is 1.84. The number of thioether (sulfide) groups is 1. The van der Waals surface area contributed by atoms with Crippen molar-refractivity contribution in [3.8, 4) is 0 Å². The molecule has 1 saturated carbocycles. The maximum absolute atomic E-state index is 4.11. The maximum Gasteiger partial charge on any atom is 0.183 e. The normalized spacial score (nSPS) is 19.7. The second-order valence-corrected chi connectivity index (χ2v) is 4.46. The Bertz CT molecular complexity index is 216. The number of aromatic nitrogens is 3. The zero-order valence-electron chi connectivity index (χ0n) is 6.99. The lowest BCUT2D eigenvalue weighted by molar-refractivity contribution is 0.515. The predicted molar refractivity (Wildman–Crippen MR) is 49.1 cm³/mol. The van der Waals surface area contributed by atoms with Gasteiger partial charge in [0.15, 0.2) is 5.16 Å². The first-order valence-electron chi connectivity index (χ1n) is 4.47. The third kappa shape index (κ3) is 2.00. The highest BCUT2D eigenvalue weighted by Gasteiger charge is 2.15. The van der Waals surface area contributed by atoms with Crippen LogP contribution < -0.4 is 0 Å². The zero-order valence-corrected chi connectivity index (χ0v) is 7.81. The summed E-state index contributed by atoms with van der Waals surface area (Å²) in [5.74, 6) is 0. The molecule has 0 aromatic carbocycles. The van der Waals surface area contributed by atoms with Crippen LogP contribution in [0.25, 0.3) is 0 Å². The smallest absolute Gasteiger partial charge is 0.183 e. The molecule has 0 aliphatic heterocycles. The predicted octanol–water partition coefficient (Wildman–Crippen LogP) is 2.23. The molecule has 0 amide bonds. The molecular weight excluding hydrogens is 170 g/mol. The Balaban J connectivity index is 1.86. The van der Waals surface area contributed by atoms with E-state index in [0.717, 1.165) is 10.4 Å². The third-order valence-corrected chi connectivity index (χ3v) is 3.45. The van der Waals surface area contributed by atoms with Crippen molar-refractivity contribution in [3.05, 3.63) is 6.33 Å². The minimum atomic E-state index is 0.770. The molecule has 12 heavy (non-hydrogen) atoms. The van der Waals surface area contributed by atoms with E-state index in [9.17, 15) is 0 Å². The Morgan fingerprint density at radius 2 is 2.17 bits per heavy atom. The lowest BCUT2D eigenvalue weighted by Gasteiger charge is -2.19. The Labute approximate surface area is 76.4 Å². The fourth-order valence-electron chi connectivity index (χ4n) is 1.59. The van der Waals surface area contributed by atoms with Gasteiger partial charge in [-0.1, -0.05) is 31.0 Å². The molecular formula is C8H13N3S. The van der Waals surface area contributed by atoms with Gasteiger partial charge >= 0.3 is 0 Å². The van der Waals surface area contributed by atoms with Gasteiger partial charge in [0.2, 0.25) is 0 Å². The number of H-pyrrole nitrogens is 1. The van der Waals surface area contributed by atoms with E-state index in [1.807, 2.05) is 11.8 Å². The number of hydrogen-bond donors (Lipinski definition) is 1. The molecule has 1 heterocycles. The highest BCUT2D eigenvalue weighted by Crippen LogP contribution is 2.31.